The molecule has 2 aliphatic rings. The molecule has 0 saturated carbocycles. The maximum absolute atomic E-state index is 5.68. The lowest BCUT2D eigenvalue weighted by molar-refractivity contribution is 0.0530. The molecule has 4 rings (SSSR count). The predicted octanol–water partition coefficient (Wildman–Crippen LogP) is 2.31. The molecule has 2 fully saturated rings. The van der Waals surface area contributed by atoms with Gasteiger partial charge in [0.15, 0.2) is 5.96 Å². The zero-order valence-corrected chi connectivity index (χ0v) is 17.8. The van der Waals surface area contributed by atoms with Crippen LogP contribution in [0.15, 0.2) is 53.8 Å². The van der Waals surface area contributed by atoms with E-state index >= 15 is 0 Å². The van der Waals surface area contributed by atoms with Gasteiger partial charge >= 0.3 is 0 Å². The van der Waals surface area contributed by atoms with Crippen molar-refractivity contribution in [3.63, 3.8) is 0 Å². The molecule has 2 saturated heterocycles. The third-order valence-corrected chi connectivity index (χ3v) is 6.12. The number of aromatic nitrogens is 2. The van der Waals surface area contributed by atoms with Crippen LogP contribution in [0.3, 0.4) is 0 Å². The minimum atomic E-state index is 0.0554. The number of nitrogens with one attached hydrogen (secondary N) is 1. The van der Waals surface area contributed by atoms with Gasteiger partial charge in [0.25, 0.3) is 0 Å². The SMILES string of the molecule is CCNC(=NCC1(c2ccccc2)CCOCC1)N1CCN(c2ncccn2)CC1. The highest BCUT2D eigenvalue weighted by Crippen LogP contribution is 2.35. The second-order valence-corrected chi connectivity index (χ2v) is 7.95. The minimum Gasteiger partial charge on any atom is -0.381 e. The maximum atomic E-state index is 5.68. The number of aliphatic imine (C=N–C) groups is 1. The van der Waals surface area contributed by atoms with Crippen molar-refractivity contribution in [2.24, 2.45) is 4.99 Å². The van der Waals surface area contributed by atoms with Crippen LogP contribution in [0.1, 0.15) is 25.3 Å². The highest BCUT2D eigenvalue weighted by molar-refractivity contribution is 5.80. The van der Waals surface area contributed by atoms with Crippen molar-refractivity contribution in [1.29, 1.82) is 0 Å². The van der Waals surface area contributed by atoms with E-state index in [0.717, 1.165) is 77.2 Å². The fourth-order valence-corrected chi connectivity index (χ4v) is 4.32. The standard InChI is InChI=1S/C23H32N6O/c1-2-24-21(28-13-15-29(16-14-28)22-25-11-6-12-26-22)27-19-23(9-17-30-18-10-23)20-7-4-3-5-8-20/h3-8,11-12H,2,9-10,13-19H2,1H3,(H,24,27). The van der Waals surface area contributed by atoms with Crippen molar-refractivity contribution in [3.8, 4) is 0 Å². The second-order valence-electron chi connectivity index (χ2n) is 7.95. The molecular formula is C23H32N6O. The van der Waals surface area contributed by atoms with Crippen LogP contribution in [-0.4, -0.2) is 73.3 Å². The molecule has 2 aliphatic heterocycles. The first-order chi connectivity index (χ1) is 14.8. The molecule has 1 N–H and O–H groups in total. The van der Waals surface area contributed by atoms with Crippen LogP contribution in [0.2, 0.25) is 0 Å². The monoisotopic (exact) mass is 408 g/mol. The van der Waals surface area contributed by atoms with Gasteiger partial charge in [0.2, 0.25) is 5.95 Å². The number of rotatable bonds is 5. The number of ether oxygens (including phenoxy) is 1. The fourth-order valence-electron chi connectivity index (χ4n) is 4.32. The van der Waals surface area contributed by atoms with Crippen molar-refractivity contribution >= 4 is 11.9 Å². The first-order valence-corrected chi connectivity index (χ1v) is 11.0. The van der Waals surface area contributed by atoms with Crippen LogP contribution < -0.4 is 10.2 Å². The number of anilines is 1. The van der Waals surface area contributed by atoms with Crippen molar-refractivity contribution < 1.29 is 4.74 Å². The molecule has 0 unspecified atom stereocenters. The molecule has 30 heavy (non-hydrogen) atoms. The van der Waals surface area contributed by atoms with Crippen molar-refractivity contribution in [1.82, 2.24) is 20.2 Å². The van der Waals surface area contributed by atoms with Gasteiger partial charge in [-0.25, -0.2) is 9.97 Å². The third-order valence-electron chi connectivity index (χ3n) is 6.12. The van der Waals surface area contributed by atoms with E-state index in [0.29, 0.717) is 0 Å². The van der Waals surface area contributed by atoms with Crippen molar-refractivity contribution in [3.05, 3.63) is 54.4 Å². The number of hydrogen-bond acceptors (Lipinski definition) is 5. The molecule has 0 atom stereocenters. The van der Waals surface area contributed by atoms with Crippen LogP contribution in [0.4, 0.5) is 5.95 Å². The molecule has 0 amide bonds. The molecule has 0 bridgehead atoms. The Balaban J connectivity index is 1.47. The Morgan fingerprint density at radius 3 is 2.40 bits per heavy atom. The van der Waals surface area contributed by atoms with Crippen molar-refractivity contribution in [2.75, 3.05) is 57.4 Å². The summed E-state index contributed by atoms with van der Waals surface area (Å²) in [5.74, 6) is 1.82. The number of nitrogens with zero attached hydrogens (tertiary/aromatic N) is 5. The Labute approximate surface area is 179 Å². The molecule has 3 heterocycles. The van der Waals surface area contributed by atoms with Gasteiger partial charge in [0, 0.05) is 63.7 Å². The summed E-state index contributed by atoms with van der Waals surface area (Å²) in [6.07, 6.45) is 5.63. The van der Waals surface area contributed by atoms with E-state index in [-0.39, 0.29) is 5.41 Å². The van der Waals surface area contributed by atoms with E-state index in [1.165, 1.54) is 5.56 Å². The molecular weight excluding hydrogens is 376 g/mol. The van der Waals surface area contributed by atoms with E-state index in [1.54, 1.807) is 12.4 Å². The summed E-state index contributed by atoms with van der Waals surface area (Å²) in [5.41, 5.74) is 1.43. The zero-order chi connectivity index (χ0) is 20.7. The molecule has 7 heteroatoms. The number of benzene rings is 1. The summed E-state index contributed by atoms with van der Waals surface area (Å²) < 4.78 is 5.68. The van der Waals surface area contributed by atoms with Gasteiger partial charge in [-0.3, -0.25) is 4.99 Å². The second kappa shape index (κ2) is 9.89. The molecule has 0 aliphatic carbocycles. The van der Waals surface area contributed by atoms with E-state index in [9.17, 15) is 0 Å². The lowest BCUT2D eigenvalue weighted by Gasteiger charge is -2.39. The Kier molecular flexibility index (Phi) is 6.79. The Hall–Kier alpha value is -2.67. The van der Waals surface area contributed by atoms with Gasteiger partial charge in [0.05, 0.1) is 6.54 Å². The number of guanidine groups is 1. The zero-order valence-electron chi connectivity index (χ0n) is 17.8. The molecule has 160 valence electrons. The van der Waals surface area contributed by atoms with Crippen molar-refractivity contribution in [2.45, 2.75) is 25.2 Å². The highest BCUT2D eigenvalue weighted by atomic mass is 16.5. The van der Waals surface area contributed by atoms with Crippen LogP contribution in [0, 0.1) is 0 Å². The highest BCUT2D eigenvalue weighted by Gasteiger charge is 2.34. The Morgan fingerprint density at radius 1 is 1.03 bits per heavy atom. The van der Waals surface area contributed by atoms with Gasteiger partial charge < -0.3 is 19.9 Å². The summed E-state index contributed by atoms with van der Waals surface area (Å²) in [6.45, 7) is 8.99. The summed E-state index contributed by atoms with van der Waals surface area (Å²) in [4.78, 5) is 18.5. The number of hydrogen-bond donors (Lipinski definition) is 1. The average molecular weight is 409 g/mol. The first kappa shape index (κ1) is 20.6. The lowest BCUT2D eigenvalue weighted by Crippen LogP contribution is -2.53. The van der Waals surface area contributed by atoms with E-state index in [2.05, 4.69) is 62.3 Å². The Morgan fingerprint density at radius 2 is 1.73 bits per heavy atom. The van der Waals surface area contributed by atoms with Gasteiger partial charge in [-0.15, -0.1) is 0 Å². The van der Waals surface area contributed by atoms with Crippen LogP contribution >= 0.6 is 0 Å². The molecule has 7 nitrogen and oxygen atoms in total. The predicted molar refractivity (Wildman–Crippen MR) is 120 cm³/mol. The number of piperazine rings is 1. The largest absolute Gasteiger partial charge is 0.381 e. The first-order valence-electron chi connectivity index (χ1n) is 11.0. The molecule has 1 aromatic carbocycles. The van der Waals surface area contributed by atoms with Gasteiger partial charge in [-0.1, -0.05) is 30.3 Å². The van der Waals surface area contributed by atoms with Gasteiger partial charge in [-0.05, 0) is 31.4 Å². The summed E-state index contributed by atoms with van der Waals surface area (Å²) in [5, 5.41) is 3.51. The van der Waals surface area contributed by atoms with E-state index in [1.807, 2.05) is 6.07 Å². The van der Waals surface area contributed by atoms with Crippen LogP contribution in [-0.2, 0) is 10.2 Å². The van der Waals surface area contributed by atoms with Gasteiger partial charge in [0.1, 0.15) is 0 Å². The van der Waals surface area contributed by atoms with Crippen LogP contribution in [0.5, 0.6) is 0 Å². The van der Waals surface area contributed by atoms with Crippen LogP contribution in [0.25, 0.3) is 0 Å². The molecule has 0 spiro atoms. The van der Waals surface area contributed by atoms with E-state index < -0.39 is 0 Å². The average Bonchev–Trinajstić information content (AvgIpc) is 2.84. The normalized spacial score (nSPS) is 19.6. The maximum Gasteiger partial charge on any atom is 0.225 e. The molecule has 0 radical (unpaired) electrons. The minimum absolute atomic E-state index is 0.0554. The quantitative estimate of drug-likeness (QED) is 0.605. The molecule has 2 aromatic rings. The lowest BCUT2D eigenvalue weighted by atomic mass is 9.74. The molecule has 1 aromatic heterocycles. The third kappa shape index (κ3) is 4.73. The summed E-state index contributed by atoms with van der Waals surface area (Å²) in [7, 11) is 0. The smallest absolute Gasteiger partial charge is 0.225 e. The van der Waals surface area contributed by atoms with E-state index in [4.69, 9.17) is 9.73 Å². The Bertz CT molecular complexity index is 799. The topological polar surface area (TPSA) is 65.9 Å². The summed E-state index contributed by atoms with van der Waals surface area (Å²) in [6, 6.07) is 12.7. The van der Waals surface area contributed by atoms with Gasteiger partial charge in [-0.2, -0.15) is 0 Å². The summed E-state index contributed by atoms with van der Waals surface area (Å²) >= 11 is 0. The fraction of sp³-hybridized carbons (Fsp3) is 0.522.